The van der Waals surface area contributed by atoms with Gasteiger partial charge in [0.25, 0.3) is 0 Å². The number of carbonyl (C=O) groups is 2. The van der Waals surface area contributed by atoms with E-state index >= 15 is 0 Å². The number of nitrogens with zero attached hydrogens (tertiary/aromatic N) is 1. The molecule has 0 unspecified atom stereocenters. The first kappa shape index (κ1) is 18.7. The third-order valence-corrected chi connectivity index (χ3v) is 4.46. The molecule has 2 N–H and O–H groups in total. The number of rotatable bonds is 6. The van der Waals surface area contributed by atoms with Gasteiger partial charge in [-0.1, -0.05) is 18.2 Å². The van der Waals surface area contributed by atoms with E-state index in [1.165, 1.54) is 12.1 Å². The lowest BCUT2D eigenvalue weighted by molar-refractivity contribution is -0.128. The summed E-state index contributed by atoms with van der Waals surface area (Å²) >= 11 is 0. The summed E-state index contributed by atoms with van der Waals surface area (Å²) < 4.78 is 18.1. The van der Waals surface area contributed by atoms with Gasteiger partial charge in [0, 0.05) is 43.7 Å². The van der Waals surface area contributed by atoms with Crippen LogP contribution in [0.25, 0.3) is 0 Å². The minimum absolute atomic E-state index is 0.0410. The van der Waals surface area contributed by atoms with Crippen LogP contribution >= 0.6 is 0 Å². The fourth-order valence-corrected chi connectivity index (χ4v) is 3.07. The molecule has 7 heteroatoms. The number of ether oxygens (including phenoxy) is 1. The molecule has 2 aromatic carbocycles. The van der Waals surface area contributed by atoms with E-state index in [0.29, 0.717) is 37.5 Å². The van der Waals surface area contributed by atoms with Gasteiger partial charge in [0.15, 0.2) is 0 Å². The van der Waals surface area contributed by atoms with Gasteiger partial charge >= 0.3 is 6.03 Å². The largest absolute Gasteiger partial charge is 0.497 e. The number of benzene rings is 2. The molecule has 1 aliphatic heterocycles. The van der Waals surface area contributed by atoms with Crippen LogP contribution in [-0.2, 0) is 11.3 Å². The van der Waals surface area contributed by atoms with Crippen molar-refractivity contribution in [3.63, 3.8) is 0 Å². The van der Waals surface area contributed by atoms with Gasteiger partial charge in [-0.25, -0.2) is 9.18 Å². The lowest BCUT2D eigenvalue weighted by Gasteiger charge is -2.17. The zero-order chi connectivity index (χ0) is 19.2. The van der Waals surface area contributed by atoms with Gasteiger partial charge in [-0.2, -0.15) is 0 Å². The summed E-state index contributed by atoms with van der Waals surface area (Å²) in [5.41, 5.74) is 1.52. The van der Waals surface area contributed by atoms with Crippen LogP contribution in [0, 0.1) is 11.7 Å². The minimum Gasteiger partial charge on any atom is -0.497 e. The molecular formula is C20H22FN3O3. The van der Waals surface area contributed by atoms with Crippen LogP contribution in [0.15, 0.2) is 48.5 Å². The smallest absolute Gasteiger partial charge is 0.319 e. The standard InChI is InChI=1S/C20H22FN3O3/c1-27-18-4-2-3-17(10-18)23-20(26)22-11-15-9-19(25)24(13-15)12-14-5-7-16(21)8-6-14/h2-8,10,15H,9,11-13H2,1H3,(H2,22,23,26)/t15-/m1/s1. The number of likely N-dealkylation sites (tertiary alicyclic amines) is 1. The summed E-state index contributed by atoms with van der Waals surface area (Å²) in [5, 5.41) is 5.55. The Morgan fingerprint density at radius 2 is 2.04 bits per heavy atom. The van der Waals surface area contributed by atoms with E-state index in [2.05, 4.69) is 10.6 Å². The first-order valence-corrected chi connectivity index (χ1v) is 8.74. The molecule has 6 nitrogen and oxygen atoms in total. The maximum atomic E-state index is 13.0. The van der Waals surface area contributed by atoms with Crippen molar-refractivity contribution in [2.24, 2.45) is 5.92 Å². The monoisotopic (exact) mass is 371 g/mol. The highest BCUT2D eigenvalue weighted by Gasteiger charge is 2.29. The van der Waals surface area contributed by atoms with Gasteiger partial charge in [0.1, 0.15) is 11.6 Å². The van der Waals surface area contributed by atoms with Crippen molar-refractivity contribution in [3.05, 3.63) is 59.9 Å². The van der Waals surface area contributed by atoms with E-state index in [9.17, 15) is 14.0 Å². The predicted molar refractivity (Wildman–Crippen MR) is 99.9 cm³/mol. The van der Waals surface area contributed by atoms with E-state index < -0.39 is 0 Å². The number of urea groups is 1. The third kappa shape index (κ3) is 5.20. The fourth-order valence-electron chi connectivity index (χ4n) is 3.07. The van der Waals surface area contributed by atoms with Gasteiger partial charge < -0.3 is 20.3 Å². The van der Waals surface area contributed by atoms with E-state index in [0.717, 1.165) is 5.56 Å². The quantitative estimate of drug-likeness (QED) is 0.820. The van der Waals surface area contributed by atoms with Crippen molar-refractivity contribution >= 4 is 17.6 Å². The number of amides is 3. The molecule has 142 valence electrons. The summed E-state index contributed by atoms with van der Waals surface area (Å²) in [6, 6.07) is 12.9. The van der Waals surface area contributed by atoms with Gasteiger partial charge in [-0.15, -0.1) is 0 Å². The molecule has 1 aliphatic rings. The zero-order valence-electron chi connectivity index (χ0n) is 15.1. The molecule has 1 fully saturated rings. The Hall–Kier alpha value is -3.09. The van der Waals surface area contributed by atoms with Gasteiger partial charge in [-0.3, -0.25) is 4.79 Å². The molecule has 0 spiro atoms. The number of halogens is 1. The van der Waals surface area contributed by atoms with Crippen LogP contribution in [0.5, 0.6) is 5.75 Å². The lowest BCUT2D eigenvalue weighted by Crippen LogP contribution is -2.34. The maximum Gasteiger partial charge on any atom is 0.319 e. The predicted octanol–water partition coefficient (Wildman–Crippen LogP) is 3.00. The van der Waals surface area contributed by atoms with Gasteiger partial charge in [-0.05, 0) is 29.8 Å². The molecule has 1 saturated heterocycles. The van der Waals surface area contributed by atoms with Crippen molar-refractivity contribution in [1.29, 1.82) is 0 Å². The number of hydrogen-bond donors (Lipinski definition) is 2. The highest BCUT2D eigenvalue weighted by molar-refractivity contribution is 5.89. The number of methoxy groups -OCH3 is 1. The van der Waals surface area contributed by atoms with Crippen molar-refractivity contribution in [1.82, 2.24) is 10.2 Å². The number of nitrogens with one attached hydrogen (secondary N) is 2. The van der Waals surface area contributed by atoms with Crippen LogP contribution in [-0.4, -0.2) is 37.0 Å². The molecule has 1 heterocycles. The van der Waals surface area contributed by atoms with Crippen LogP contribution in [0.2, 0.25) is 0 Å². The summed E-state index contributed by atoms with van der Waals surface area (Å²) in [6.07, 6.45) is 0.390. The first-order valence-electron chi connectivity index (χ1n) is 8.74. The fraction of sp³-hybridized carbons (Fsp3) is 0.300. The van der Waals surface area contributed by atoms with Crippen molar-refractivity contribution < 1.29 is 18.7 Å². The van der Waals surface area contributed by atoms with Crippen LogP contribution < -0.4 is 15.4 Å². The number of anilines is 1. The molecule has 0 aliphatic carbocycles. The molecule has 3 amide bonds. The van der Waals surface area contributed by atoms with Gasteiger partial charge in [0.05, 0.1) is 7.11 Å². The molecule has 0 saturated carbocycles. The number of hydrogen-bond acceptors (Lipinski definition) is 3. The Morgan fingerprint density at radius 1 is 1.26 bits per heavy atom. The molecule has 1 atom stereocenters. The van der Waals surface area contributed by atoms with Crippen LogP contribution in [0.3, 0.4) is 0 Å². The van der Waals surface area contributed by atoms with Crippen molar-refractivity contribution in [2.75, 3.05) is 25.5 Å². The molecule has 0 aromatic heterocycles. The Bertz CT molecular complexity index is 810. The number of carbonyl (C=O) groups excluding carboxylic acids is 2. The Morgan fingerprint density at radius 3 is 2.78 bits per heavy atom. The second kappa shape index (κ2) is 8.53. The second-order valence-corrected chi connectivity index (χ2v) is 6.54. The zero-order valence-corrected chi connectivity index (χ0v) is 15.1. The van der Waals surface area contributed by atoms with Crippen molar-refractivity contribution in [3.8, 4) is 5.75 Å². The highest BCUT2D eigenvalue weighted by Crippen LogP contribution is 2.20. The summed E-state index contributed by atoms with van der Waals surface area (Å²) in [6.45, 7) is 1.42. The van der Waals surface area contributed by atoms with Crippen molar-refractivity contribution in [2.45, 2.75) is 13.0 Å². The molecular weight excluding hydrogens is 349 g/mol. The normalized spacial score (nSPS) is 16.3. The molecule has 2 aromatic rings. The average molecular weight is 371 g/mol. The van der Waals surface area contributed by atoms with E-state index in [4.69, 9.17) is 4.74 Å². The van der Waals surface area contributed by atoms with E-state index in [-0.39, 0.29) is 23.7 Å². The Kier molecular flexibility index (Phi) is 5.90. The third-order valence-electron chi connectivity index (χ3n) is 4.46. The average Bonchev–Trinajstić information content (AvgIpc) is 3.01. The summed E-state index contributed by atoms with van der Waals surface area (Å²) in [5.74, 6) is 0.453. The Balaban J connectivity index is 1.46. The second-order valence-electron chi connectivity index (χ2n) is 6.54. The van der Waals surface area contributed by atoms with Gasteiger partial charge in [0.2, 0.25) is 5.91 Å². The minimum atomic E-state index is -0.326. The summed E-state index contributed by atoms with van der Waals surface area (Å²) in [7, 11) is 1.56. The molecule has 0 radical (unpaired) electrons. The lowest BCUT2D eigenvalue weighted by atomic mass is 10.1. The first-order chi connectivity index (χ1) is 13.0. The molecule has 27 heavy (non-hydrogen) atoms. The van der Waals surface area contributed by atoms with Crippen LogP contribution in [0.4, 0.5) is 14.9 Å². The Labute approximate surface area is 157 Å². The highest BCUT2D eigenvalue weighted by atomic mass is 19.1. The maximum absolute atomic E-state index is 13.0. The SMILES string of the molecule is COc1cccc(NC(=O)NC[C@H]2CC(=O)N(Cc3ccc(F)cc3)C2)c1. The summed E-state index contributed by atoms with van der Waals surface area (Å²) in [4.78, 5) is 26.0. The van der Waals surface area contributed by atoms with E-state index in [1.54, 1.807) is 48.4 Å². The van der Waals surface area contributed by atoms with E-state index in [1.807, 2.05) is 0 Å². The topological polar surface area (TPSA) is 70.7 Å². The molecule has 3 rings (SSSR count). The molecule has 0 bridgehead atoms. The van der Waals surface area contributed by atoms with Crippen LogP contribution in [0.1, 0.15) is 12.0 Å².